The zero-order valence-corrected chi connectivity index (χ0v) is 16.0. The van der Waals surface area contributed by atoms with Gasteiger partial charge in [-0.25, -0.2) is 0 Å². The molecule has 0 aliphatic rings. The summed E-state index contributed by atoms with van der Waals surface area (Å²) in [4.78, 5) is 0. The van der Waals surface area contributed by atoms with E-state index in [1.54, 1.807) is 11.8 Å². The lowest BCUT2D eigenvalue weighted by Crippen LogP contribution is -1.97. The second kappa shape index (κ2) is 6.98. The molecule has 0 saturated heterocycles. The van der Waals surface area contributed by atoms with Gasteiger partial charge in [0.1, 0.15) is 0 Å². The fourth-order valence-corrected chi connectivity index (χ4v) is 3.78. The van der Waals surface area contributed by atoms with Crippen LogP contribution >= 0.6 is 27.7 Å². The summed E-state index contributed by atoms with van der Waals surface area (Å²) in [7, 11) is 0. The summed E-state index contributed by atoms with van der Waals surface area (Å²) in [5.74, 6) is 0.845. The van der Waals surface area contributed by atoms with Crippen LogP contribution in [0.5, 0.6) is 0 Å². The lowest BCUT2D eigenvalue weighted by molar-refractivity contribution is 0.812. The summed E-state index contributed by atoms with van der Waals surface area (Å²) in [5.41, 5.74) is 5.31. The Morgan fingerprint density at radius 1 is 0.960 bits per heavy atom. The van der Waals surface area contributed by atoms with Crippen LogP contribution < -0.4 is 0 Å². The quantitative estimate of drug-likeness (QED) is 0.436. The smallest absolute Gasteiger partial charge is 0.187 e. The van der Waals surface area contributed by atoms with E-state index in [1.165, 1.54) is 11.1 Å². The Morgan fingerprint density at radius 2 is 1.76 bits per heavy atom. The fraction of sp³-hybridized carbons (Fsp3) is 0.105. The van der Waals surface area contributed by atoms with Crippen molar-refractivity contribution in [2.24, 2.45) is 0 Å². The molecule has 4 nitrogen and oxygen atoms in total. The Morgan fingerprint density at radius 3 is 2.56 bits per heavy atom. The van der Waals surface area contributed by atoms with Gasteiger partial charge in [0.15, 0.2) is 5.65 Å². The van der Waals surface area contributed by atoms with Crippen LogP contribution in [0.15, 0.2) is 70.3 Å². The molecule has 0 aliphatic heterocycles. The number of aryl methyl sites for hydroxylation is 1. The number of thioether (sulfide) groups is 1. The highest BCUT2D eigenvalue weighted by Crippen LogP contribution is 2.25. The van der Waals surface area contributed by atoms with Crippen molar-refractivity contribution in [3.63, 3.8) is 0 Å². The molecule has 2 heterocycles. The monoisotopic (exact) mass is 410 g/mol. The molecule has 4 rings (SSSR count). The van der Waals surface area contributed by atoms with Gasteiger partial charge in [-0.05, 0) is 42.3 Å². The minimum atomic E-state index is 0.758. The molecule has 2 aromatic carbocycles. The molecule has 0 bridgehead atoms. The third-order valence-corrected chi connectivity index (χ3v) is 5.49. The van der Waals surface area contributed by atoms with Crippen molar-refractivity contribution in [2.75, 3.05) is 0 Å². The maximum Gasteiger partial charge on any atom is 0.212 e. The highest BCUT2D eigenvalue weighted by Gasteiger charge is 2.10. The molecular formula is C19H15BrN4S. The van der Waals surface area contributed by atoms with Crippen LogP contribution in [-0.4, -0.2) is 19.8 Å². The number of hydrogen-bond donors (Lipinski definition) is 0. The van der Waals surface area contributed by atoms with Gasteiger partial charge in [0.05, 0.1) is 5.69 Å². The van der Waals surface area contributed by atoms with E-state index >= 15 is 0 Å². The van der Waals surface area contributed by atoms with Gasteiger partial charge in [-0.2, -0.15) is 9.61 Å². The van der Waals surface area contributed by atoms with Crippen LogP contribution in [-0.2, 0) is 5.75 Å². The average molecular weight is 411 g/mol. The van der Waals surface area contributed by atoms with Crippen molar-refractivity contribution < 1.29 is 0 Å². The minimum absolute atomic E-state index is 0.758. The Kier molecular flexibility index (Phi) is 4.55. The Balaban J connectivity index is 1.64. The van der Waals surface area contributed by atoms with Gasteiger partial charge in [0.25, 0.3) is 0 Å². The molecule has 0 aliphatic carbocycles. The molecule has 0 amide bonds. The molecule has 0 radical (unpaired) electrons. The van der Waals surface area contributed by atoms with E-state index in [2.05, 4.69) is 57.3 Å². The first-order chi connectivity index (χ1) is 12.2. The summed E-state index contributed by atoms with van der Waals surface area (Å²) in [6, 6.07) is 20.4. The van der Waals surface area contributed by atoms with E-state index in [4.69, 9.17) is 5.10 Å². The summed E-state index contributed by atoms with van der Waals surface area (Å²) < 4.78 is 2.87. The van der Waals surface area contributed by atoms with Crippen LogP contribution in [0, 0.1) is 6.92 Å². The van der Waals surface area contributed by atoms with Gasteiger partial charge >= 0.3 is 0 Å². The largest absolute Gasteiger partial charge is 0.212 e. The van der Waals surface area contributed by atoms with Crippen molar-refractivity contribution in [3.8, 4) is 11.3 Å². The number of aromatic nitrogens is 4. The van der Waals surface area contributed by atoms with Crippen molar-refractivity contribution in [1.82, 2.24) is 19.8 Å². The third kappa shape index (κ3) is 3.45. The van der Waals surface area contributed by atoms with E-state index < -0.39 is 0 Å². The Bertz CT molecular complexity index is 1030. The van der Waals surface area contributed by atoms with Crippen molar-refractivity contribution in [3.05, 3.63) is 76.3 Å². The topological polar surface area (TPSA) is 43.1 Å². The molecule has 25 heavy (non-hydrogen) atoms. The summed E-state index contributed by atoms with van der Waals surface area (Å²) in [6.45, 7) is 2.13. The minimum Gasteiger partial charge on any atom is -0.187 e. The lowest BCUT2D eigenvalue weighted by Gasteiger charge is -2.05. The van der Waals surface area contributed by atoms with Gasteiger partial charge in [0, 0.05) is 15.8 Å². The van der Waals surface area contributed by atoms with Gasteiger partial charge in [-0.15, -0.1) is 10.2 Å². The number of halogens is 1. The average Bonchev–Trinajstić information content (AvgIpc) is 3.04. The van der Waals surface area contributed by atoms with E-state index in [0.29, 0.717) is 0 Å². The first kappa shape index (κ1) is 16.3. The molecule has 4 aromatic rings. The van der Waals surface area contributed by atoms with E-state index in [1.807, 2.05) is 40.9 Å². The predicted octanol–water partition coefficient (Wildman–Crippen LogP) is 5.15. The SMILES string of the molecule is Cc1ccccc1CSc1nnc2ccc(-c3ccc(Br)cc3)nn12. The highest BCUT2D eigenvalue weighted by molar-refractivity contribution is 9.10. The van der Waals surface area contributed by atoms with Crippen LogP contribution in [0.1, 0.15) is 11.1 Å². The number of rotatable bonds is 4. The predicted molar refractivity (Wildman–Crippen MR) is 105 cm³/mol. The molecule has 0 fully saturated rings. The van der Waals surface area contributed by atoms with Gasteiger partial charge < -0.3 is 0 Å². The molecule has 0 atom stereocenters. The number of hydrogen-bond acceptors (Lipinski definition) is 4. The second-order valence-electron chi connectivity index (χ2n) is 5.69. The van der Waals surface area contributed by atoms with Crippen LogP contribution in [0.3, 0.4) is 0 Å². The van der Waals surface area contributed by atoms with Gasteiger partial charge in [0.2, 0.25) is 5.16 Å². The maximum absolute atomic E-state index is 4.73. The van der Waals surface area contributed by atoms with E-state index in [0.717, 1.165) is 32.3 Å². The standard InChI is InChI=1S/C19H15BrN4S/c1-13-4-2-3-5-15(13)12-25-19-22-21-18-11-10-17(23-24(18)19)14-6-8-16(20)9-7-14/h2-11H,12H2,1H3. The number of benzene rings is 2. The molecular weight excluding hydrogens is 396 g/mol. The molecule has 0 unspecified atom stereocenters. The highest BCUT2D eigenvalue weighted by atomic mass is 79.9. The molecule has 6 heteroatoms. The fourth-order valence-electron chi connectivity index (χ4n) is 2.55. The second-order valence-corrected chi connectivity index (χ2v) is 7.55. The zero-order chi connectivity index (χ0) is 17.2. The molecule has 0 N–H and O–H groups in total. The first-order valence-corrected chi connectivity index (χ1v) is 9.64. The summed E-state index contributed by atoms with van der Waals surface area (Å²) >= 11 is 5.11. The summed E-state index contributed by atoms with van der Waals surface area (Å²) in [5, 5.41) is 14.0. The van der Waals surface area contributed by atoms with Crippen molar-refractivity contribution in [1.29, 1.82) is 0 Å². The Labute approximate surface area is 158 Å². The van der Waals surface area contributed by atoms with Crippen LogP contribution in [0.25, 0.3) is 16.9 Å². The first-order valence-electron chi connectivity index (χ1n) is 7.86. The number of fused-ring (bicyclic) bond motifs is 1. The molecule has 2 aromatic heterocycles. The molecule has 124 valence electrons. The molecule has 0 saturated carbocycles. The van der Waals surface area contributed by atoms with E-state index in [-0.39, 0.29) is 0 Å². The normalized spacial score (nSPS) is 11.1. The van der Waals surface area contributed by atoms with Crippen molar-refractivity contribution in [2.45, 2.75) is 17.8 Å². The lowest BCUT2D eigenvalue weighted by atomic mass is 10.1. The number of nitrogens with zero attached hydrogens (tertiary/aromatic N) is 4. The van der Waals surface area contributed by atoms with Gasteiger partial charge in [-0.1, -0.05) is 64.1 Å². The maximum atomic E-state index is 4.73. The van der Waals surface area contributed by atoms with Crippen LogP contribution in [0.2, 0.25) is 0 Å². The summed E-state index contributed by atoms with van der Waals surface area (Å²) in [6.07, 6.45) is 0. The molecule has 0 spiro atoms. The van der Waals surface area contributed by atoms with Crippen LogP contribution in [0.4, 0.5) is 0 Å². The van der Waals surface area contributed by atoms with Crippen molar-refractivity contribution >= 4 is 33.3 Å². The third-order valence-electron chi connectivity index (χ3n) is 3.99. The van der Waals surface area contributed by atoms with Gasteiger partial charge in [-0.3, -0.25) is 0 Å². The van der Waals surface area contributed by atoms with E-state index in [9.17, 15) is 0 Å². The zero-order valence-electron chi connectivity index (χ0n) is 13.6. The Hall–Kier alpha value is -2.18.